The molecule has 0 radical (unpaired) electrons. The summed E-state index contributed by atoms with van der Waals surface area (Å²) in [5, 5.41) is 15.0. The molecule has 102 valence electrons. The lowest BCUT2D eigenvalue weighted by Gasteiger charge is -2.15. The maximum absolute atomic E-state index is 12.8. The number of carboxylic acids is 1. The minimum absolute atomic E-state index is 0.237. The smallest absolute Gasteiger partial charge is 0.435 e. The van der Waals surface area contributed by atoms with E-state index in [0.717, 1.165) is 0 Å². The number of hydrogen-bond donors (Lipinski definition) is 1. The lowest BCUT2D eigenvalue weighted by molar-refractivity contribution is -0.145. The van der Waals surface area contributed by atoms with Crippen molar-refractivity contribution in [2.24, 2.45) is 0 Å². The molecule has 1 unspecified atom stereocenters. The Kier molecular flexibility index (Phi) is 4.28. The van der Waals surface area contributed by atoms with Crippen molar-refractivity contribution >= 4 is 5.97 Å². The number of aromatic carboxylic acids is 1. The van der Waals surface area contributed by atoms with E-state index in [4.69, 9.17) is 9.84 Å². The topological polar surface area (TPSA) is 77.2 Å². The SMILES string of the molecule is COCCC(C)n1nnc(C(=O)O)c1C(F)(F)F. The number of alkyl halides is 3. The Bertz CT molecular complexity index is 430. The molecule has 1 aromatic heterocycles. The monoisotopic (exact) mass is 267 g/mol. The summed E-state index contributed by atoms with van der Waals surface area (Å²) in [6.45, 7) is 1.72. The minimum Gasteiger partial charge on any atom is -0.476 e. The van der Waals surface area contributed by atoms with Crippen LogP contribution < -0.4 is 0 Å². The third kappa shape index (κ3) is 2.97. The summed E-state index contributed by atoms with van der Waals surface area (Å²) in [4.78, 5) is 10.7. The lowest BCUT2D eigenvalue weighted by Crippen LogP contribution is -2.21. The molecular weight excluding hydrogens is 255 g/mol. The first-order chi connectivity index (χ1) is 8.29. The first kappa shape index (κ1) is 14.4. The molecule has 0 aromatic carbocycles. The molecule has 0 amide bonds. The van der Waals surface area contributed by atoms with Gasteiger partial charge >= 0.3 is 12.1 Å². The van der Waals surface area contributed by atoms with Crippen molar-refractivity contribution in [1.82, 2.24) is 15.0 Å². The molecule has 0 spiro atoms. The fourth-order valence-corrected chi connectivity index (χ4v) is 1.42. The third-order valence-corrected chi connectivity index (χ3v) is 2.32. The predicted octanol–water partition coefficient (Wildman–Crippen LogP) is 1.59. The molecule has 1 rings (SSSR count). The number of nitrogens with zero attached hydrogens (tertiary/aromatic N) is 3. The largest absolute Gasteiger partial charge is 0.476 e. The molecule has 1 atom stereocenters. The van der Waals surface area contributed by atoms with Crippen molar-refractivity contribution in [3.8, 4) is 0 Å². The zero-order valence-electron chi connectivity index (χ0n) is 9.73. The van der Waals surface area contributed by atoms with Gasteiger partial charge in [0.25, 0.3) is 0 Å². The number of carboxylic acid groups (broad SMARTS) is 1. The molecule has 0 aliphatic carbocycles. The fourth-order valence-electron chi connectivity index (χ4n) is 1.42. The van der Waals surface area contributed by atoms with Gasteiger partial charge in [0.15, 0.2) is 5.69 Å². The van der Waals surface area contributed by atoms with Crippen LogP contribution >= 0.6 is 0 Å². The number of carbonyl (C=O) groups is 1. The molecule has 0 saturated heterocycles. The van der Waals surface area contributed by atoms with Gasteiger partial charge in [-0.3, -0.25) is 0 Å². The average molecular weight is 267 g/mol. The average Bonchev–Trinajstić information content (AvgIpc) is 2.69. The van der Waals surface area contributed by atoms with Crippen LogP contribution in [-0.2, 0) is 10.9 Å². The van der Waals surface area contributed by atoms with Crippen molar-refractivity contribution in [2.45, 2.75) is 25.6 Å². The summed E-state index contributed by atoms with van der Waals surface area (Å²) in [7, 11) is 1.42. The number of hydrogen-bond acceptors (Lipinski definition) is 4. The van der Waals surface area contributed by atoms with Crippen LogP contribution in [0, 0.1) is 0 Å². The number of aromatic nitrogens is 3. The number of halogens is 3. The summed E-state index contributed by atoms with van der Waals surface area (Å²) in [6, 6.07) is -0.665. The van der Waals surface area contributed by atoms with E-state index in [1.807, 2.05) is 0 Å². The lowest BCUT2D eigenvalue weighted by atomic mass is 10.2. The highest BCUT2D eigenvalue weighted by atomic mass is 19.4. The van der Waals surface area contributed by atoms with Gasteiger partial charge in [0, 0.05) is 13.7 Å². The van der Waals surface area contributed by atoms with Crippen LogP contribution in [0.1, 0.15) is 35.6 Å². The Hall–Kier alpha value is -1.64. The summed E-state index contributed by atoms with van der Waals surface area (Å²) >= 11 is 0. The van der Waals surface area contributed by atoms with Gasteiger partial charge in [-0.1, -0.05) is 5.21 Å². The first-order valence-corrected chi connectivity index (χ1v) is 5.03. The normalized spacial score (nSPS) is 13.6. The summed E-state index contributed by atoms with van der Waals surface area (Å²) < 4.78 is 43.7. The maximum Gasteiger partial charge on any atom is 0.435 e. The molecule has 6 nitrogen and oxygen atoms in total. The second-order valence-corrected chi connectivity index (χ2v) is 3.66. The zero-order chi connectivity index (χ0) is 13.9. The molecule has 1 aromatic rings. The van der Waals surface area contributed by atoms with Crippen LogP contribution in [0.15, 0.2) is 0 Å². The standard InChI is InChI=1S/C9H12F3N3O3/c1-5(3-4-18-2)15-7(9(10,11)12)6(8(16)17)13-14-15/h5H,3-4H2,1-2H3,(H,16,17). The number of rotatable bonds is 5. The van der Waals surface area contributed by atoms with E-state index in [1.165, 1.54) is 14.0 Å². The van der Waals surface area contributed by atoms with Gasteiger partial charge < -0.3 is 9.84 Å². The van der Waals surface area contributed by atoms with Crippen LogP contribution in [0.3, 0.4) is 0 Å². The molecule has 18 heavy (non-hydrogen) atoms. The Morgan fingerprint density at radius 1 is 1.56 bits per heavy atom. The molecule has 0 aliphatic heterocycles. The van der Waals surface area contributed by atoms with Gasteiger partial charge in [0.2, 0.25) is 5.69 Å². The van der Waals surface area contributed by atoms with E-state index in [2.05, 4.69) is 10.3 Å². The van der Waals surface area contributed by atoms with Gasteiger partial charge in [0.1, 0.15) is 0 Å². The van der Waals surface area contributed by atoms with E-state index >= 15 is 0 Å². The van der Waals surface area contributed by atoms with E-state index in [1.54, 1.807) is 0 Å². The molecular formula is C9H12F3N3O3. The van der Waals surface area contributed by atoms with E-state index < -0.39 is 29.6 Å². The highest BCUT2D eigenvalue weighted by molar-refractivity contribution is 5.86. The van der Waals surface area contributed by atoms with Crippen LogP contribution in [0.5, 0.6) is 0 Å². The zero-order valence-corrected chi connectivity index (χ0v) is 9.73. The highest BCUT2D eigenvalue weighted by Crippen LogP contribution is 2.33. The van der Waals surface area contributed by atoms with Gasteiger partial charge in [-0.15, -0.1) is 5.10 Å². The van der Waals surface area contributed by atoms with E-state index in [0.29, 0.717) is 4.68 Å². The number of methoxy groups -OCH3 is 1. The highest BCUT2D eigenvalue weighted by Gasteiger charge is 2.42. The summed E-state index contributed by atoms with van der Waals surface area (Å²) in [5.41, 5.74) is -2.44. The molecule has 0 saturated carbocycles. The predicted molar refractivity (Wildman–Crippen MR) is 53.2 cm³/mol. The van der Waals surface area contributed by atoms with Gasteiger partial charge in [0.05, 0.1) is 6.04 Å². The molecule has 1 heterocycles. The summed E-state index contributed by atoms with van der Waals surface area (Å²) in [5.74, 6) is -1.76. The summed E-state index contributed by atoms with van der Waals surface area (Å²) in [6.07, 6.45) is -4.56. The molecule has 1 N–H and O–H groups in total. The molecule has 0 bridgehead atoms. The van der Waals surface area contributed by atoms with Crippen molar-refractivity contribution in [3.05, 3.63) is 11.4 Å². The van der Waals surface area contributed by atoms with E-state index in [9.17, 15) is 18.0 Å². The Balaban J connectivity index is 3.16. The maximum atomic E-state index is 12.8. The third-order valence-electron chi connectivity index (χ3n) is 2.32. The Labute approximate surface area is 100 Å². The second kappa shape index (κ2) is 5.34. The molecule has 9 heteroatoms. The van der Waals surface area contributed by atoms with Crippen molar-refractivity contribution < 1.29 is 27.8 Å². The van der Waals surface area contributed by atoms with E-state index in [-0.39, 0.29) is 13.0 Å². The number of ether oxygens (including phenoxy) is 1. The quantitative estimate of drug-likeness (QED) is 0.876. The van der Waals surface area contributed by atoms with Crippen molar-refractivity contribution in [2.75, 3.05) is 13.7 Å². The second-order valence-electron chi connectivity index (χ2n) is 3.66. The van der Waals surface area contributed by atoms with Gasteiger partial charge in [-0.2, -0.15) is 13.2 Å². The van der Waals surface area contributed by atoms with Crippen molar-refractivity contribution in [3.63, 3.8) is 0 Å². The van der Waals surface area contributed by atoms with Gasteiger partial charge in [-0.25, -0.2) is 9.48 Å². The van der Waals surface area contributed by atoms with Crippen LogP contribution in [0.4, 0.5) is 13.2 Å². The minimum atomic E-state index is -4.82. The van der Waals surface area contributed by atoms with Gasteiger partial charge in [-0.05, 0) is 13.3 Å². The van der Waals surface area contributed by atoms with Crippen LogP contribution in [0.25, 0.3) is 0 Å². The Morgan fingerprint density at radius 2 is 2.17 bits per heavy atom. The molecule has 0 aliphatic rings. The fraction of sp³-hybridized carbons (Fsp3) is 0.667. The van der Waals surface area contributed by atoms with Crippen LogP contribution in [-0.4, -0.2) is 39.8 Å². The molecule has 0 fully saturated rings. The Morgan fingerprint density at radius 3 is 2.61 bits per heavy atom. The van der Waals surface area contributed by atoms with Crippen LogP contribution in [0.2, 0.25) is 0 Å². The van der Waals surface area contributed by atoms with Crippen molar-refractivity contribution in [1.29, 1.82) is 0 Å². The first-order valence-electron chi connectivity index (χ1n) is 5.03.